The molecule has 1 aromatic carbocycles. The molecule has 4 rings (SSSR count). The number of carbonyl (C=O) groups is 1. The fourth-order valence-corrected chi connectivity index (χ4v) is 4.09. The standard InChI is InChI=1S/C25H26F2N4O/c1-15(2)24-29-13-17(14-30-24)25(32)31-23-20(19-5-3-4-6-21(19)27)11-12-28-22(23)16-7-9-18(26)10-8-16/h3-6,11-16,18H,7-10H2,1-2H3,(H,31,32). The van der Waals surface area contributed by atoms with Crippen LogP contribution in [-0.2, 0) is 0 Å². The predicted octanol–water partition coefficient (Wildman–Crippen LogP) is 6.05. The number of hydrogen-bond donors (Lipinski definition) is 1. The number of aromatic nitrogens is 3. The van der Waals surface area contributed by atoms with Crippen LogP contribution in [0.1, 0.15) is 73.2 Å². The van der Waals surface area contributed by atoms with Gasteiger partial charge in [0.1, 0.15) is 17.8 Å². The van der Waals surface area contributed by atoms with Crippen molar-refractivity contribution in [3.8, 4) is 11.1 Å². The Kier molecular flexibility index (Phi) is 6.53. The number of anilines is 1. The minimum Gasteiger partial charge on any atom is -0.320 e. The molecule has 1 saturated carbocycles. The van der Waals surface area contributed by atoms with E-state index in [0.717, 1.165) is 0 Å². The quantitative estimate of drug-likeness (QED) is 0.529. The van der Waals surface area contributed by atoms with E-state index in [2.05, 4.69) is 20.3 Å². The second-order valence-corrected chi connectivity index (χ2v) is 8.49. The molecule has 1 N–H and O–H groups in total. The number of halogens is 2. The summed E-state index contributed by atoms with van der Waals surface area (Å²) in [6.45, 7) is 3.95. The summed E-state index contributed by atoms with van der Waals surface area (Å²) in [4.78, 5) is 26.1. The van der Waals surface area contributed by atoms with E-state index in [-0.39, 0.29) is 11.8 Å². The summed E-state index contributed by atoms with van der Waals surface area (Å²) in [5.74, 6) is 0.00104. The second-order valence-electron chi connectivity index (χ2n) is 8.49. The molecule has 32 heavy (non-hydrogen) atoms. The van der Waals surface area contributed by atoms with Gasteiger partial charge in [0.25, 0.3) is 5.91 Å². The molecule has 0 aliphatic heterocycles. The van der Waals surface area contributed by atoms with Crippen LogP contribution in [0.4, 0.5) is 14.5 Å². The molecule has 5 nitrogen and oxygen atoms in total. The molecule has 1 fully saturated rings. The SMILES string of the molecule is CC(C)c1ncc(C(=O)Nc2c(-c3ccccc3F)ccnc2C2CCC(F)CC2)cn1. The normalized spacial score (nSPS) is 18.5. The van der Waals surface area contributed by atoms with Crippen molar-refractivity contribution in [1.82, 2.24) is 15.0 Å². The van der Waals surface area contributed by atoms with Crippen molar-refractivity contribution in [2.75, 3.05) is 5.32 Å². The Labute approximate surface area is 186 Å². The fraction of sp³-hybridized carbons (Fsp3) is 0.360. The van der Waals surface area contributed by atoms with Crippen LogP contribution in [0.5, 0.6) is 0 Å². The maximum absolute atomic E-state index is 14.7. The summed E-state index contributed by atoms with van der Waals surface area (Å²) in [6, 6.07) is 8.11. The van der Waals surface area contributed by atoms with E-state index < -0.39 is 17.9 Å². The molecule has 7 heteroatoms. The third-order valence-corrected chi connectivity index (χ3v) is 5.88. The molecular weight excluding hydrogens is 410 g/mol. The molecule has 0 saturated heterocycles. The Balaban J connectivity index is 1.73. The van der Waals surface area contributed by atoms with Crippen LogP contribution >= 0.6 is 0 Å². The zero-order valence-electron chi connectivity index (χ0n) is 18.2. The second kappa shape index (κ2) is 9.51. The average molecular weight is 437 g/mol. The van der Waals surface area contributed by atoms with E-state index in [4.69, 9.17) is 0 Å². The molecule has 1 aliphatic rings. The number of hydrogen-bond acceptors (Lipinski definition) is 4. The highest BCUT2D eigenvalue weighted by atomic mass is 19.1. The molecule has 1 amide bonds. The molecular formula is C25H26F2N4O. The summed E-state index contributed by atoms with van der Waals surface area (Å²) in [5, 5.41) is 2.94. The van der Waals surface area contributed by atoms with Crippen molar-refractivity contribution < 1.29 is 13.6 Å². The maximum Gasteiger partial charge on any atom is 0.258 e. The van der Waals surface area contributed by atoms with E-state index in [9.17, 15) is 13.6 Å². The molecule has 166 valence electrons. The van der Waals surface area contributed by atoms with Gasteiger partial charge in [0, 0.05) is 41.6 Å². The average Bonchev–Trinajstić information content (AvgIpc) is 2.80. The molecule has 0 unspecified atom stereocenters. The van der Waals surface area contributed by atoms with E-state index in [1.807, 2.05) is 13.8 Å². The lowest BCUT2D eigenvalue weighted by Gasteiger charge is -2.26. The van der Waals surface area contributed by atoms with Gasteiger partial charge in [0.05, 0.1) is 16.9 Å². The van der Waals surface area contributed by atoms with Gasteiger partial charge in [-0.1, -0.05) is 32.0 Å². The molecule has 2 heterocycles. The minimum atomic E-state index is -0.810. The first kappa shape index (κ1) is 22.0. The summed E-state index contributed by atoms with van der Waals surface area (Å²) < 4.78 is 28.4. The monoisotopic (exact) mass is 436 g/mol. The molecule has 0 spiro atoms. The highest BCUT2D eigenvalue weighted by molar-refractivity contribution is 6.06. The largest absolute Gasteiger partial charge is 0.320 e. The summed E-state index contributed by atoms with van der Waals surface area (Å²) >= 11 is 0. The summed E-state index contributed by atoms with van der Waals surface area (Å²) in [5.41, 5.74) is 2.33. The van der Waals surface area contributed by atoms with Gasteiger partial charge >= 0.3 is 0 Å². The van der Waals surface area contributed by atoms with Gasteiger partial charge in [-0.3, -0.25) is 9.78 Å². The Morgan fingerprint density at radius 3 is 2.34 bits per heavy atom. The third kappa shape index (κ3) is 4.66. The number of carbonyl (C=O) groups excluding carboxylic acids is 1. The molecule has 0 atom stereocenters. The molecule has 1 aliphatic carbocycles. The van der Waals surface area contributed by atoms with Gasteiger partial charge < -0.3 is 5.32 Å². The van der Waals surface area contributed by atoms with Gasteiger partial charge in [0.2, 0.25) is 0 Å². The van der Waals surface area contributed by atoms with Crippen LogP contribution in [0.3, 0.4) is 0 Å². The highest BCUT2D eigenvalue weighted by Crippen LogP contribution is 2.40. The van der Waals surface area contributed by atoms with Crippen molar-refractivity contribution in [2.24, 2.45) is 0 Å². The number of nitrogens with one attached hydrogen (secondary N) is 1. The van der Waals surface area contributed by atoms with E-state index in [1.165, 1.54) is 18.5 Å². The Hall–Kier alpha value is -3.22. The van der Waals surface area contributed by atoms with E-state index in [1.54, 1.807) is 30.5 Å². The number of rotatable bonds is 5. The Bertz CT molecular complexity index is 1090. The first-order chi connectivity index (χ1) is 15.4. The minimum absolute atomic E-state index is 0.0106. The number of amides is 1. The predicted molar refractivity (Wildman–Crippen MR) is 120 cm³/mol. The zero-order chi connectivity index (χ0) is 22.7. The van der Waals surface area contributed by atoms with Gasteiger partial charge in [0.15, 0.2) is 0 Å². The van der Waals surface area contributed by atoms with Crippen molar-refractivity contribution in [1.29, 1.82) is 0 Å². The summed E-state index contributed by atoms with van der Waals surface area (Å²) in [7, 11) is 0. The van der Waals surface area contributed by atoms with Gasteiger partial charge in [-0.15, -0.1) is 0 Å². The van der Waals surface area contributed by atoms with E-state index >= 15 is 0 Å². The smallest absolute Gasteiger partial charge is 0.258 e. The number of benzene rings is 1. The first-order valence-corrected chi connectivity index (χ1v) is 10.9. The van der Waals surface area contributed by atoms with Crippen molar-refractivity contribution in [3.63, 3.8) is 0 Å². The Morgan fingerprint density at radius 1 is 1.00 bits per heavy atom. The van der Waals surface area contributed by atoms with Gasteiger partial charge in [-0.2, -0.15) is 0 Å². The third-order valence-electron chi connectivity index (χ3n) is 5.88. The molecule has 3 aromatic rings. The molecule has 0 bridgehead atoms. The van der Waals surface area contributed by atoms with Crippen LogP contribution in [0.25, 0.3) is 11.1 Å². The van der Waals surface area contributed by atoms with Crippen LogP contribution in [0.2, 0.25) is 0 Å². The van der Waals surface area contributed by atoms with Gasteiger partial charge in [-0.05, 0) is 37.8 Å². The molecule has 2 aromatic heterocycles. The zero-order valence-corrected chi connectivity index (χ0v) is 18.2. The number of nitrogens with zero attached hydrogens (tertiary/aromatic N) is 3. The van der Waals surface area contributed by atoms with Crippen LogP contribution < -0.4 is 5.32 Å². The lowest BCUT2D eigenvalue weighted by Crippen LogP contribution is -2.20. The Morgan fingerprint density at radius 2 is 1.69 bits per heavy atom. The van der Waals surface area contributed by atoms with Crippen molar-refractivity contribution in [2.45, 2.75) is 57.5 Å². The first-order valence-electron chi connectivity index (χ1n) is 10.9. The lowest BCUT2D eigenvalue weighted by molar-refractivity contribution is 0.102. The van der Waals surface area contributed by atoms with Gasteiger partial charge in [-0.25, -0.2) is 18.7 Å². The lowest BCUT2D eigenvalue weighted by atomic mass is 9.84. The van der Waals surface area contributed by atoms with Crippen molar-refractivity contribution in [3.05, 3.63) is 71.8 Å². The van der Waals surface area contributed by atoms with Crippen LogP contribution in [0, 0.1) is 5.82 Å². The number of alkyl halides is 1. The fourth-order valence-electron chi connectivity index (χ4n) is 4.09. The topological polar surface area (TPSA) is 67.8 Å². The molecule has 0 radical (unpaired) electrons. The van der Waals surface area contributed by atoms with Crippen LogP contribution in [0.15, 0.2) is 48.9 Å². The highest BCUT2D eigenvalue weighted by Gasteiger charge is 2.27. The van der Waals surface area contributed by atoms with Crippen molar-refractivity contribution >= 4 is 11.6 Å². The van der Waals surface area contributed by atoms with Crippen LogP contribution in [-0.4, -0.2) is 27.0 Å². The number of pyridine rings is 1. The maximum atomic E-state index is 14.7. The van der Waals surface area contributed by atoms with E-state index in [0.29, 0.717) is 59.6 Å². The summed E-state index contributed by atoms with van der Waals surface area (Å²) in [6.07, 6.45) is 5.95.